The molecule has 112 valence electrons. The van der Waals surface area contributed by atoms with Crippen LogP contribution in [-0.2, 0) is 9.47 Å². The van der Waals surface area contributed by atoms with E-state index < -0.39 is 0 Å². The van der Waals surface area contributed by atoms with E-state index in [1.165, 1.54) is 6.42 Å². The van der Waals surface area contributed by atoms with Gasteiger partial charge in [-0.25, -0.2) is 0 Å². The number of nitrogens with one attached hydrogen (secondary N) is 1. The summed E-state index contributed by atoms with van der Waals surface area (Å²) in [5.74, 6) is 1.30. The fourth-order valence-electron chi connectivity index (χ4n) is 3.30. The van der Waals surface area contributed by atoms with Crippen LogP contribution in [0.1, 0.15) is 54.4 Å². The third-order valence-corrected chi connectivity index (χ3v) is 4.48. The van der Waals surface area contributed by atoms with Gasteiger partial charge in [-0.1, -0.05) is 41.5 Å². The molecular formula is C16H31NO2. The molecule has 1 N–H and O–H groups in total. The zero-order chi connectivity index (χ0) is 14.2. The van der Waals surface area contributed by atoms with E-state index >= 15 is 0 Å². The van der Waals surface area contributed by atoms with Crippen LogP contribution in [0.4, 0.5) is 0 Å². The standard InChI is InChI=1S/C16H31NO2/c1-7-12-15(18-12)17-9-11(4)8-16(5,6)14-13(19-14)10(2)3/h10-15,17H,7-9H2,1-6H3. The SMILES string of the molecule is CCC1OC1NCC(C)CC(C)(C)C1OC1C(C)C. The molecular weight excluding hydrogens is 238 g/mol. The molecule has 5 unspecified atom stereocenters. The van der Waals surface area contributed by atoms with Crippen LogP contribution in [0.2, 0.25) is 0 Å². The molecule has 0 spiro atoms. The van der Waals surface area contributed by atoms with Gasteiger partial charge in [0.05, 0.1) is 18.3 Å². The topological polar surface area (TPSA) is 37.1 Å². The minimum atomic E-state index is 0.282. The summed E-state index contributed by atoms with van der Waals surface area (Å²) in [4.78, 5) is 0. The highest BCUT2D eigenvalue weighted by Gasteiger charge is 2.50. The van der Waals surface area contributed by atoms with E-state index in [-0.39, 0.29) is 5.41 Å². The van der Waals surface area contributed by atoms with Crippen LogP contribution in [0.15, 0.2) is 0 Å². The van der Waals surface area contributed by atoms with Crippen molar-refractivity contribution in [3.63, 3.8) is 0 Å². The Hall–Kier alpha value is -0.120. The Kier molecular flexibility index (Phi) is 4.59. The lowest BCUT2D eigenvalue weighted by Gasteiger charge is -2.27. The average Bonchev–Trinajstić information content (AvgIpc) is 3.18. The molecule has 3 nitrogen and oxygen atoms in total. The third kappa shape index (κ3) is 3.93. The Bertz CT molecular complexity index is 303. The largest absolute Gasteiger partial charge is 0.369 e. The third-order valence-electron chi connectivity index (χ3n) is 4.48. The molecule has 0 aromatic heterocycles. The molecule has 19 heavy (non-hydrogen) atoms. The first kappa shape index (κ1) is 15.3. The number of hydrogen-bond acceptors (Lipinski definition) is 3. The maximum atomic E-state index is 5.87. The highest BCUT2D eigenvalue weighted by Crippen LogP contribution is 2.45. The summed E-state index contributed by atoms with van der Waals surface area (Å²) in [6, 6.07) is 0. The lowest BCUT2D eigenvalue weighted by Crippen LogP contribution is -2.31. The van der Waals surface area contributed by atoms with Crippen LogP contribution in [-0.4, -0.2) is 31.1 Å². The average molecular weight is 269 g/mol. The van der Waals surface area contributed by atoms with Crippen LogP contribution in [0.25, 0.3) is 0 Å². The summed E-state index contributed by atoms with van der Waals surface area (Å²) < 4.78 is 11.4. The Morgan fingerprint density at radius 1 is 1.16 bits per heavy atom. The zero-order valence-corrected chi connectivity index (χ0v) is 13.4. The summed E-state index contributed by atoms with van der Waals surface area (Å²) in [7, 11) is 0. The van der Waals surface area contributed by atoms with Gasteiger partial charge < -0.3 is 9.47 Å². The molecule has 2 rings (SSSR count). The molecule has 0 aromatic carbocycles. The fraction of sp³-hybridized carbons (Fsp3) is 1.00. The molecule has 0 aromatic rings. The minimum Gasteiger partial charge on any atom is -0.369 e. The van der Waals surface area contributed by atoms with E-state index in [0.717, 1.165) is 13.0 Å². The van der Waals surface area contributed by atoms with E-state index in [1.807, 2.05) is 0 Å². The van der Waals surface area contributed by atoms with Crippen LogP contribution in [0, 0.1) is 17.3 Å². The van der Waals surface area contributed by atoms with Gasteiger partial charge in [0.15, 0.2) is 0 Å². The van der Waals surface area contributed by atoms with Crippen LogP contribution < -0.4 is 5.32 Å². The molecule has 2 heterocycles. The van der Waals surface area contributed by atoms with Gasteiger partial charge in [-0.15, -0.1) is 0 Å². The van der Waals surface area contributed by atoms with Gasteiger partial charge in [-0.3, -0.25) is 5.32 Å². The van der Waals surface area contributed by atoms with Crippen molar-refractivity contribution < 1.29 is 9.47 Å². The minimum absolute atomic E-state index is 0.282. The summed E-state index contributed by atoms with van der Waals surface area (Å²) in [5, 5.41) is 3.51. The molecule has 2 aliphatic rings. The first-order valence-electron chi connectivity index (χ1n) is 7.89. The molecule has 2 fully saturated rings. The highest BCUT2D eigenvalue weighted by atomic mass is 16.6. The highest BCUT2D eigenvalue weighted by molar-refractivity contribution is 4.98. The molecule has 0 radical (unpaired) electrons. The van der Waals surface area contributed by atoms with E-state index in [2.05, 4.69) is 46.9 Å². The molecule has 3 heteroatoms. The lowest BCUT2D eigenvalue weighted by molar-refractivity contribution is 0.192. The van der Waals surface area contributed by atoms with Crippen LogP contribution >= 0.6 is 0 Å². The monoisotopic (exact) mass is 269 g/mol. The molecule has 0 saturated carbocycles. The normalized spacial score (nSPS) is 35.5. The predicted molar refractivity (Wildman–Crippen MR) is 78.0 cm³/mol. The quantitative estimate of drug-likeness (QED) is 0.688. The van der Waals surface area contributed by atoms with Crippen molar-refractivity contribution in [2.45, 2.75) is 78.9 Å². The van der Waals surface area contributed by atoms with Gasteiger partial charge in [-0.05, 0) is 30.1 Å². The molecule has 0 amide bonds. The fourth-order valence-corrected chi connectivity index (χ4v) is 3.30. The van der Waals surface area contributed by atoms with E-state index in [4.69, 9.17) is 9.47 Å². The van der Waals surface area contributed by atoms with E-state index in [1.54, 1.807) is 0 Å². The Morgan fingerprint density at radius 2 is 1.84 bits per heavy atom. The predicted octanol–water partition coefficient (Wildman–Crippen LogP) is 3.19. The van der Waals surface area contributed by atoms with Gasteiger partial charge in [0.2, 0.25) is 0 Å². The maximum absolute atomic E-state index is 5.87. The Morgan fingerprint density at radius 3 is 2.32 bits per heavy atom. The van der Waals surface area contributed by atoms with E-state index in [9.17, 15) is 0 Å². The number of hydrogen-bond donors (Lipinski definition) is 1. The summed E-state index contributed by atoms with van der Waals surface area (Å²) >= 11 is 0. The van der Waals surface area contributed by atoms with Crippen molar-refractivity contribution in [3.8, 4) is 0 Å². The van der Waals surface area contributed by atoms with Crippen molar-refractivity contribution in [3.05, 3.63) is 0 Å². The smallest absolute Gasteiger partial charge is 0.135 e. The molecule has 0 bridgehead atoms. The number of epoxide rings is 2. The van der Waals surface area contributed by atoms with Gasteiger partial charge in [-0.2, -0.15) is 0 Å². The summed E-state index contributed by atoms with van der Waals surface area (Å²) in [5.41, 5.74) is 0.282. The van der Waals surface area contributed by atoms with Gasteiger partial charge in [0.1, 0.15) is 6.23 Å². The first-order valence-corrected chi connectivity index (χ1v) is 7.89. The van der Waals surface area contributed by atoms with Crippen molar-refractivity contribution in [1.29, 1.82) is 0 Å². The van der Waals surface area contributed by atoms with Gasteiger partial charge >= 0.3 is 0 Å². The second-order valence-electron chi connectivity index (χ2n) is 7.47. The summed E-state index contributed by atoms with van der Waals surface area (Å²) in [6.07, 6.45) is 4.02. The first-order chi connectivity index (χ1) is 8.85. The Labute approximate surface area is 118 Å². The van der Waals surface area contributed by atoms with Gasteiger partial charge in [0.25, 0.3) is 0 Å². The van der Waals surface area contributed by atoms with Crippen LogP contribution in [0.3, 0.4) is 0 Å². The second kappa shape index (κ2) is 5.71. The van der Waals surface area contributed by atoms with Crippen molar-refractivity contribution in [2.75, 3.05) is 6.54 Å². The number of rotatable bonds is 8. The van der Waals surface area contributed by atoms with Crippen molar-refractivity contribution in [2.24, 2.45) is 17.3 Å². The summed E-state index contributed by atoms with van der Waals surface area (Å²) in [6.45, 7) is 14.7. The zero-order valence-electron chi connectivity index (χ0n) is 13.4. The molecule has 5 atom stereocenters. The number of ether oxygens (including phenoxy) is 2. The van der Waals surface area contributed by atoms with Gasteiger partial charge in [0, 0.05) is 6.54 Å². The molecule has 0 aliphatic carbocycles. The van der Waals surface area contributed by atoms with Crippen molar-refractivity contribution in [1.82, 2.24) is 5.32 Å². The second-order valence-corrected chi connectivity index (χ2v) is 7.47. The Balaban J connectivity index is 1.68. The molecule has 2 saturated heterocycles. The molecule has 2 aliphatic heterocycles. The maximum Gasteiger partial charge on any atom is 0.135 e. The lowest BCUT2D eigenvalue weighted by atomic mass is 9.78. The van der Waals surface area contributed by atoms with Crippen LogP contribution in [0.5, 0.6) is 0 Å². The van der Waals surface area contributed by atoms with Crippen molar-refractivity contribution >= 4 is 0 Å². The van der Waals surface area contributed by atoms with E-state index in [0.29, 0.717) is 36.4 Å².